The molecular weight excluding hydrogens is 933 g/mol. The molecule has 8 aromatic rings. The maximum Gasteiger partial charge on any atom is 0.417 e. The maximum atomic E-state index is 12.8. The van der Waals surface area contributed by atoms with Gasteiger partial charge in [-0.3, -0.25) is 19.2 Å². The van der Waals surface area contributed by atoms with Crippen molar-refractivity contribution in [2.45, 2.75) is 78.3 Å². The molecule has 4 amide bonds. The number of carbonyl (C=O) groups excluding carboxylic acids is 4. The molecule has 0 spiro atoms. The van der Waals surface area contributed by atoms with Crippen LogP contribution < -0.4 is 0 Å². The summed E-state index contributed by atoms with van der Waals surface area (Å²) in [5.41, 5.74) is 3.51. The Kier molecular flexibility index (Phi) is 17.6. The molecule has 2 saturated heterocycles. The van der Waals surface area contributed by atoms with Crippen molar-refractivity contribution in [3.63, 3.8) is 0 Å². The van der Waals surface area contributed by atoms with E-state index < -0.39 is 30.0 Å². The van der Waals surface area contributed by atoms with Crippen LogP contribution in [0.5, 0.6) is 0 Å². The van der Waals surface area contributed by atoms with Gasteiger partial charge in [-0.15, -0.1) is 0 Å². The van der Waals surface area contributed by atoms with Crippen LogP contribution in [0.3, 0.4) is 0 Å². The summed E-state index contributed by atoms with van der Waals surface area (Å²) >= 11 is 0. The number of amides is 4. The van der Waals surface area contributed by atoms with Gasteiger partial charge in [0.2, 0.25) is 11.8 Å². The molecule has 380 valence electrons. The van der Waals surface area contributed by atoms with Crippen molar-refractivity contribution in [1.82, 2.24) is 9.80 Å². The molecule has 2 fully saturated rings. The molecule has 74 heavy (non-hydrogen) atoms. The van der Waals surface area contributed by atoms with Crippen molar-refractivity contribution in [3.05, 3.63) is 192 Å². The number of rotatable bonds is 10. The zero-order valence-electron chi connectivity index (χ0n) is 42.5. The number of aliphatic carboxylic acids is 2. The fraction of sp³-hybridized carbons (Fsp3) is 0.258. The third-order valence-corrected chi connectivity index (χ3v) is 13.5. The Bertz CT molecular complexity index is 3330. The number of carboxylic acid groups (broad SMARTS) is 2. The first-order valence-electron chi connectivity index (χ1n) is 24.8. The molecule has 0 aliphatic carbocycles. The van der Waals surface area contributed by atoms with E-state index in [1.54, 1.807) is 6.92 Å². The molecule has 0 saturated carbocycles. The fourth-order valence-electron chi connectivity index (χ4n) is 8.97. The van der Waals surface area contributed by atoms with Crippen LogP contribution in [0.1, 0.15) is 75.6 Å². The Hall–Kier alpha value is -8.38. The molecule has 0 unspecified atom stereocenters. The number of imide groups is 2. The second-order valence-electron chi connectivity index (χ2n) is 19.4. The largest absolute Gasteiger partial charge is 0.481 e. The molecule has 12 heteroatoms. The summed E-state index contributed by atoms with van der Waals surface area (Å²) in [5, 5.41) is 26.5. The second-order valence-corrected chi connectivity index (χ2v) is 19.4. The van der Waals surface area contributed by atoms with Crippen LogP contribution in [0.15, 0.2) is 170 Å². The quantitative estimate of drug-likeness (QED) is 0.135. The highest BCUT2D eigenvalue weighted by molar-refractivity contribution is 5.98. The number of fused-ring (bicyclic) bond motifs is 4. The highest BCUT2D eigenvalue weighted by Gasteiger charge is 2.42. The van der Waals surface area contributed by atoms with Crippen molar-refractivity contribution >= 4 is 79.0 Å². The normalized spacial score (nSPS) is 15.8. The molecule has 2 aliphatic rings. The molecular formula is C62H62N2O10. The van der Waals surface area contributed by atoms with Crippen molar-refractivity contribution in [1.29, 1.82) is 0 Å². The molecule has 8 aromatic carbocycles. The molecule has 10 rings (SSSR count). The number of carboxylic acids is 2. The summed E-state index contributed by atoms with van der Waals surface area (Å²) in [6.07, 6.45) is -0.751. The Morgan fingerprint density at radius 3 is 1.22 bits per heavy atom. The number of hydrogen-bond acceptors (Lipinski definition) is 8. The van der Waals surface area contributed by atoms with Crippen molar-refractivity contribution in [2.75, 3.05) is 13.2 Å². The number of carbonyl (C=O) groups is 6. The highest BCUT2D eigenvalue weighted by atomic mass is 16.6. The predicted octanol–water partition coefficient (Wildman–Crippen LogP) is 12.8. The summed E-state index contributed by atoms with van der Waals surface area (Å²) in [4.78, 5) is 73.0. The number of ether oxygens (including phenoxy) is 2. The standard InChI is InChI=1S/C19H21NO3.C18H19NO3.C13H12O2.C12H10O2/c1-12(2)17-11-23-19(22)20(17)18(21)13(3)15-9-8-14-6-4-5-7-16(14)10-15;1-12(2)16-11-22-18(21)19(16)17(20)10-13-7-8-14-5-3-4-6-15(14)9-13;1-9(13(14)15)11-7-6-10-4-2-3-5-12(10)8-11;13-12(14)8-9-5-6-10-3-1-2-4-11(10)7-9/h4-10,12-13,17H,11H2,1-3H3;3-9,12,16H,10-11H2,1-2H3;2-9H,1H3,(H,14,15);1-7H,8H2,(H,13,14)/t13-,17+;16-;9-;/m010./s1. The Morgan fingerprint density at radius 1 is 0.459 bits per heavy atom. The third kappa shape index (κ3) is 13.2. The summed E-state index contributed by atoms with van der Waals surface area (Å²) in [7, 11) is 0. The van der Waals surface area contributed by atoms with Gasteiger partial charge in [0.05, 0.1) is 36.8 Å². The van der Waals surface area contributed by atoms with E-state index in [4.69, 9.17) is 19.7 Å². The lowest BCUT2D eigenvalue weighted by Crippen LogP contribution is -2.43. The van der Waals surface area contributed by atoms with E-state index in [1.807, 2.05) is 204 Å². The minimum atomic E-state index is -0.791. The van der Waals surface area contributed by atoms with Crippen LogP contribution in [0.4, 0.5) is 9.59 Å². The van der Waals surface area contributed by atoms with Crippen LogP contribution in [-0.2, 0) is 41.5 Å². The predicted molar refractivity (Wildman–Crippen MR) is 289 cm³/mol. The lowest BCUT2D eigenvalue weighted by Gasteiger charge is -2.25. The van der Waals surface area contributed by atoms with Crippen LogP contribution in [-0.4, -0.2) is 81.2 Å². The Morgan fingerprint density at radius 2 is 0.811 bits per heavy atom. The lowest BCUT2D eigenvalue weighted by molar-refractivity contribution is -0.138. The van der Waals surface area contributed by atoms with E-state index in [0.29, 0.717) is 6.61 Å². The van der Waals surface area contributed by atoms with E-state index in [-0.39, 0.29) is 61.1 Å². The van der Waals surface area contributed by atoms with Crippen molar-refractivity contribution < 1.29 is 48.5 Å². The average molecular weight is 995 g/mol. The smallest absolute Gasteiger partial charge is 0.417 e. The van der Waals surface area contributed by atoms with Gasteiger partial charge in [0.25, 0.3) is 0 Å². The monoisotopic (exact) mass is 994 g/mol. The number of cyclic esters (lactones) is 2. The van der Waals surface area contributed by atoms with Gasteiger partial charge in [-0.05, 0) is 91.0 Å². The first kappa shape index (κ1) is 53.4. The van der Waals surface area contributed by atoms with Gasteiger partial charge < -0.3 is 19.7 Å². The van der Waals surface area contributed by atoms with Gasteiger partial charge in [-0.1, -0.05) is 198 Å². The van der Waals surface area contributed by atoms with E-state index in [9.17, 15) is 28.8 Å². The average Bonchev–Trinajstić information content (AvgIpc) is 4.00. The minimum absolute atomic E-state index is 0.0881. The molecule has 2 N–H and O–H groups in total. The van der Waals surface area contributed by atoms with Gasteiger partial charge in [-0.2, -0.15) is 0 Å². The Labute approximate surface area is 431 Å². The third-order valence-electron chi connectivity index (χ3n) is 13.5. The first-order chi connectivity index (χ1) is 35.5. The van der Waals surface area contributed by atoms with Crippen molar-refractivity contribution in [2.24, 2.45) is 11.8 Å². The van der Waals surface area contributed by atoms with E-state index in [2.05, 4.69) is 0 Å². The summed E-state index contributed by atoms with van der Waals surface area (Å²) in [5.74, 6) is -2.44. The highest BCUT2D eigenvalue weighted by Crippen LogP contribution is 2.29. The minimum Gasteiger partial charge on any atom is -0.481 e. The van der Waals surface area contributed by atoms with Gasteiger partial charge in [0, 0.05) is 0 Å². The lowest BCUT2D eigenvalue weighted by atomic mass is 9.95. The summed E-state index contributed by atoms with van der Waals surface area (Å²) in [6.45, 7) is 12.1. The van der Waals surface area contributed by atoms with Crippen LogP contribution in [0.25, 0.3) is 43.1 Å². The number of hydrogen-bond donors (Lipinski definition) is 2. The van der Waals surface area contributed by atoms with E-state index in [1.165, 1.54) is 9.80 Å². The molecule has 2 aliphatic heterocycles. The van der Waals surface area contributed by atoms with E-state index in [0.717, 1.165) is 65.3 Å². The zero-order valence-corrected chi connectivity index (χ0v) is 42.5. The van der Waals surface area contributed by atoms with Crippen LogP contribution >= 0.6 is 0 Å². The molecule has 0 radical (unpaired) electrons. The second kappa shape index (κ2) is 24.4. The van der Waals surface area contributed by atoms with Gasteiger partial charge in [0.1, 0.15) is 13.2 Å². The molecule has 12 nitrogen and oxygen atoms in total. The number of benzene rings is 8. The fourth-order valence-corrected chi connectivity index (χ4v) is 8.97. The molecule has 0 bridgehead atoms. The van der Waals surface area contributed by atoms with Crippen molar-refractivity contribution in [3.8, 4) is 0 Å². The molecule has 4 atom stereocenters. The van der Waals surface area contributed by atoms with Crippen LogP contribution in [0, 0.1) is 11.8 Å². The van der Waals surface area contributed by atoms with Gasteiger partial charge in [-0.25, -0.2) is 19.4 Å². The first-order valence-corrected chi connectivity index (χ1v) is 24.8. The molecule has 0 aromatic heterocycles. The molecule has 2 heterocycles. The SMILES string of the molecule is CC(C)[C@H]1COC(=O)N1C(=O)Cc1ccc2ccccc2c1.CC(C)[C@H]1COC(=O)N1C(=O)[C@@H](C)c1ccc2ccccc2c1.C[C@H](C(=O)O)c1ccc2ccccc2c1.O=C(O)Cc1ccc2ccccc2c1. The summed E-state index contributed by atoms with van der Waals surface area (Å²) in [6, 6.07) is 55.0. The van der Waals surface area contributed by atoms with E-state index >= 15 is 0 Å². The van der Waals surface area contributed by atoms with Crippen LogP contribution in [0.2, 0.25) is 0 Å². The van der Waals surface area contributed by atoms with Gasteiger partial charge >= 0.3 is 24.1 Å². The van der Waals surface area contributed by atoms with Gasteiger partial charge in [0.15, 0.2) is 0 Å². The zero-order chi connectivity index (χ0) is 53.1. The summed E-state index contributed by atoms with van der Waals surface area (Å²) < 4.78 is 10.1. The number of nitrogens with zero attached hydrogens (tertiary/aromatic N) is 2. The maximum absolute atomic E-state index is 12.8. The Balaban J connectivity index is 0.000000147. The topological polar surface area (TPSA) is 168 Å².